The van der Waals surface area contributed by atoms with E-state index in [0.717, 1.165) is 24.7 Å². The van der Waals surface area contributed by atoms with E-state index in [4.69, 9.17) is 11.6 Å². The summed E-state index contributed by atoms with van der Waals surface area (Å²) in [5.74, 6) is 0. The number of thiophene rings is 1. The number of halogens is 1. The first-order chi connectivity index (χ1) is 6.75. The minimum Gasteiger partial charge on any atom is -0.304 e. The van der Waals surface area contributed by atoms with Crippen LogP contribution in [0.4, 0.5) is 0 Å². The van der Waals surface area contributed by atoms with Gasteiger partial charge in [0.2, 0.25) is 0 Å². The second-order valence-electron chi connectivity index (χ2n) is 3.77. The van der Waals surface area contributed by atoms with Gasteiger partial charge in [-0.2, -0.15) is 0 Å². The van der Waals surface area contributed by atoms with Crippen LogP contribution in [0, 0.1) is 0 Å². The average molecular weight is 231 g/mol. The third-order valence-corrected chi connectivity index (χ3v) is 4.03. The molecular weight excluding hydrogens is 216 g/mol. The maximum absolute atomic E-state index is 6.06. The zero-order valence-corrected chi connectivity index (χ0v) is 9.94. The lowest BCUT2D eigenvalue weighted by Gasteiger charge is -2.32. The second-order valence-corrected chi connectivity index (χ2v) is 5.18. The summed E-state index contributed by atoms with van der Waals surface area (Å²) in [7, 11) is 2.18. The molecule has 0 spiro atoms. The fourth-order valence-electron chi connectivity index (χ4n) is 1.65. The molecule has 0 atom stereocenters. The molecule has 0 N–H and O–H groups in total. The second kappa shape index (κ2) is 4.62. The molecule has 78 valence electrons. The molecule has 14 heavy (non-hydrogen) atoms. The minimum absolute atomic E-state index is 0.925. The van der Waals surface area contributed by atoms with Crippen LogP contribution in [-0.4, -0.2) is 43.0 Å². The Morgan fingerprint density at radius 1 is 1.36 bits per heavy atom. The van der Waals surface area contributed by atoms with Gasteiger partial charge in [-0.25, -0.2) is 0 Å². The molecule has 0 bridgehead atoms. The highest BCUT2D eigenvalue weighted by molar-refractivity contribution is 7.10. The summed E-state index contributed by atoms with van der Waals surface area (Å²) in [6.07, 6.45) is 0. The van der Waals surface area contributed by atoms with Crippen molar-refractivity contribution in [3.05, 3.63) is 21.3 Å². The monoisotopic (exact) mass is 230 g/mol. The highest BCUT2D eigenvalue weighted by atomic mass is 35.5. The predicted octanol–water partition coefficient (Wildman–Crippen LogP) is 2.15. The van der Waals surface area contributed by atoms with Crippen LogP contribution in [0.5, 0.6) is 0 Å². The summed E-state index contributed by atoms with van der Waals surface area (Å²) >= 11 is 7.82. The molecule has 0 amide bonds. The maximum atomic E-state index is 6.06. The summed E-state index contributed by atoms with van der Waals surface area (Å²) in [5, 5.41) is 2.99. The summed E-state index contributed by atoms with van der Waals surface area (Å²) < 4.78 is 0. The number of nitrogens with zero attached hydrogens (tertiary/aromatic N) is 2. The quantitative estimate of drug-likeness (QED) is 0.768. The van der Waals surface area contributed by atoms with E-state index < -0.39 is 0 Å². The molecule has 1 fully saturated rings. The summed E-state index contributed by atoms with van der Waals surface area (Å²) in [6.45, 7) is 5.67. The Balaban J connectivity index is 1.89. The smallest absolute Gasteiger partial charge is 0.0558 e. The van der Waals surface area contributed by atoms with Crippen molar-refractivity contribution in [1.82, 2.24) is 9.80 Å². The van der Waals surface area contributed by atoms with Crippen LogP contribution in [0.3, 0.4) is 0 Å². The van der Waals surface area contributed by atoms with E-state index in [2.05, 4.69) is 22.2 Å². The van der Waals surface area contributed by atoms with E-state index in [1.165, 1.54) is 18.0 Å². The standard InChI is InChI=1S/C10H15ClN2S/c1-12-3-5-13(6-4-12)8-10-9(11)2-7-14-10/h2,7H,3-6,8H2,1H3. The van der Waals surface area contributed by atoms with E-state index in [9.17, 15) is 0 Å². The van der Waals surface area contributed by atoms with E-state index in [1.807, 2.05) is 6.07 Å². The lowest BCUT2D eigenvalue weighted by molar-refractivity contribution is 0.149. The number of rotatable bonds is 2. The molecule has 0 aromatic carbocycles. The minimum atomic E-state index is 0.925. The number of hydrogen-bond acceptors (Lipinski definition) is 3. The maximum Gasteiger partial charge on any atom is 0.0558 e. The first-order valence-electron chi connectivity index (χ1n) is 4.88. The van der Waals surface area contributed by atoms with E-state index >= 15 is 0 Å². The third-order valence-electron chi connectivity index (χ3n) is 2.65. The van der Waals surface area contributed by atoms with Crippen LogP contribution in [0.25, 0.3) is 0 Å². The predicted molar refractivity (Wildman–Crippen MR) is 62.1 cm³/mol. The molecule has 1 aliphatic rings. The van der Waals surface area contributed by atoms with Gasteiger partial charge >= 0.3 is 0 Å². The van der Waals surface area contributed by atoms with Gasteiger partial charge in [0.05, 0.1) is 5.02 Å². The van der Waals surface area contributed by atoms with Crippen molar-refractivity contribution in [3.8, 4) is 0 Å². The molecule has 1 saturated heterocycles. The molecule has 2 rings (SSSR count). The largest absolute Gasteiger partial charge is 0.304 e. The Kier molecular flexibility index (Phi) is 3.44. The Labute approximate surface area is 94.1 Å². The van der Waals surface area contributed by atoms with Crippen molar-refractivity contribution < 1.29 is 0 Å². The Hall–Kier alpha value is -0.0900. The zero-order chi connectivity index (χ0) is 9.97. The lowest BCUT2D eigenvalue weighted by atomic mass is 10.3. The van der Waals surface area contributed by atoms with Gasteiger partial charge in [-0.05, 0) is 18.5 Å². The van der Waals surface area contributed by atoms with Gasteiger partial charge in [0.1, 0.15) is 0 Å². The Bertz CT molecular complexity index is 292. The van der Waals surface area contributed by atoms with Crippen LogP contribution >= 0.6 is 22.9 Å². The average Bonchev–Trinajstić information content (AvgIpc) is 2.56. The van der Waals surface area contributed by atoms with Crippen LogP contribution in [-0.2, 0) is 6.54 Å². The van der Waals surface area contributed by atoms with Crippen molar-refractivity contribution >= 4 is 22.9 Å². The highest BCUT2D eigenvalue weighted by Crippen LogP contribution is 2.23. The van der Waals surface area contributed by atoms with Crippen LogP contribution in [0.2, 0.25) is 5.02 Å². The molecule has 2 nitrogen and oxygen atoms in total. The first kappa shape index (κ1) is 10.4. The van der Waals surface area contributed by atoms with Crippen LogP contribution in [0.1, 0.15) is 4.88 Å². The summed E-state index contributed by atoms with van der Waals surface area (Å²) in [4.78, 5) is 6.14. The summed E-state index contributed by atoms with van der Waals surface area (Å²) in [5.41, 5.74) is 0. The van der Waals surface area contributed by atoms with Crippen molar-refractivity contribution in [2.24, 2.45) is 0 Å². The van der Waals surface area contributed by atoms with Gasteiger partial charge < -0.3 is 4.90 Å². The van der Waals surface area contributed by atoms with Gasteiger partial charge in [-0.1, -0.05) is 11.6 Å². The molecule has 1 aromatic heterocycles. The molecule has 0 radical (unpaired) electrons. The Morgan fingerprint density at radius 2 is 2.07 bits per heavy atom. The van der Waals surface area contributed by atoms with Gasteiger partial charge in [0.25, 0.3) is 0 Å². The van der Waals surface area contributed by atoms with Crippen molar-refractivity contribution in [1.29, 1.82) is 0 Å². The normalized spacial score (nSPS) is 20.1. The van der Waals surface area contributed by atoms with Gasteiger partial charge in [0.15, 0.2) is 0 Å². The molecule has 4 heteroatoms. The third kappa shape index (κ3) is 2.48. The van der Waals surface area contributed by atoms with Crippen molar-refractivity contribution in [2.75, 3.05) is 33.2 Å². The zero-order valence-electron chi connectivity index (χ0n) is 8.37. The van der Waals surface area contributed by atoms with Crippen molar-refractivity contribution in [2.45, 2.75) is 6.54 Å². The number of likely N-dealkylation sites (N-methyl/N-ethyl adjacent to an activating group) is 1. The number of piperazine rings is 1. The SMILES string of the molecule is CN1CCN(Cc2sccc2Cl)CC1. The van der Waals surface area contributed by atoms with E-state index in [1.54, 1.807) is 11.3 Å². The van der Waals surface area contributed by atoms with Gasteiger partial charge in [-0.3, -0.25) is 4.90 Å². The lowest BCUT2D eigenvalue weighted by Crippen LogP contribution is -2.43. The molecule has 0 saturated carbocycles. The fraction of sp³-hybridized carbons (Fsp3) is 0.600. The van der Waals surface area contributed by atoms with Gasteiger partial charge in [0, 0.05) is 37.6 Å². The molecule has 1 aliphatic heterocycles. The topological polar surface area (TPSA) is 6.48 Å². The Morgan fingerprint density at radius 3 is 2.64 bits per heavy atom. The molecule has 0 unspecified atom stereocenters. The number of hydrogen-bond donors (Lipinski definition) is 0. The molecular formula is C10H15ClN2S. The molecule has 2 heterocycles. The first-order valence-corrected chi connectivity index (χ1v) is 6.14. The fourth-order valence-corrected chi connectivity index (χ4v) is 2.78. The van der Waals surface area contributed by atoms with Crippen LogP contribution in [0.15, 0.2) is 11.4 Å². The van der Waals surface area contributed by atoms with E-state index in [0.29, 0.717) is 0 Å². The van der Waals surface area contributed by atoms with Crippen LogP contribution < -0.4 is 0 Å². The van der Waals surface area contributed by atoms with Gasteiger partial charge in [-0.15, -0.1) is 11.3 Å². The van der Waals surface area contributed by atoms with E-state index in [-0.39, 0.29) is 0 Å². The van der Waals surface area contributed by atoms with Crippen molar-refractivity contribution in [3.63, 3.8) is 0 Å². The molecule has 1 aromatic rings. The summed E-state index contributed by atoms with van der Waals surface area (Å²) in [6, 6.07) is 1.98. The molecule has 0 aliphatic carbocycles. The highest BCUT2D eigenvalue weighted by Gasteiger charge is 2.15.